The fourth-order valence-corrected chi connectivity index (χ4v) is 2.45. The molecule has 5 nitrogen and oxygen atoms in total. The van der Waals surface area contributed by atoms with Gasteiger partial charge in [-0.3, -0.25) is 9.59 Å². The summed E-state index contributed by atoms with van der Waals surface area (Å²) in [6.45, 7) is 0. The Balaban J connectivity index is 1.93. The zero-order valence-corrected chi connectivity index (χ0v) is 14.0. The molecule has 1 fully saturated rings. The quantitative estimate of drug-likeness (QED) is 0.628. The number of amides is 2. The molecule has 3 N–H and O–H groups in total. The maximum Gasteiger partial charge on any atom is 0.252 e. The van der Waals surface area contributed by atoms with Crippen molar-refractivity contribution in [1.29, 1.82) is 0 Å². The van der Waals surface area contributed by atoms with Crippen LogP contribution in [-0.2, 0) is 4.79 Å². The molecule has 1 aliphatic carbocycles. The van der Waals surface area contributed by atoms with Crippen LogP contribution < -0.4 is 15.8 Å². The molecule has 0 bridgehead atoms. The summed E-state index contributed by atoms with van der Waals surface area (Å²) in [7, 11) is 1.60. The molecule has 2 aromatic carbocycles. The number of hydrogen-bond donors (Lipinski definition) is 2. The van der Waals surface area contributed by atoms with E-state index >= 15 is 0 Å². The van der Waals surface area contributed by atoms with Gasteiger partial charge in [-0.1, -0.05) is 24.3 Å². The average molecular weight is 336 g/mol. The number of hydrogen-bond acceptors (Lipinski definition) is 3. The Morgan fingerprint density at radius 2 is 1.64 bits per heavy atom. The van der Waals surface area contributed by atoms with E-state index in [9.17, 15) is 9.59 Å². The lowest BCUT2D eigenvalue weighted by atomic mass is 10.0. The number of nitrogens with one attached hydrogen (secondary N) is 1. The predicted molar refractivity (Wildman–Crippen MR) is 97.0 cm³/mol. The van der Waals surface area contributed by atoms with Gasteiger partial charge in [0.25, 0.3) is 5.91 Å². The maximum absolute atomic E-state index is 12.6. The molecule has 1 saturated carbocycles. The van der Waals surface area contributed by atoms with Crippen LogP contribution in [0, 0.1) is 0 Å². The highest BCUT2D eigenvalue weighted by atomic mass is 16.5. The number of carbonyl (C=O) groups excluding carboxylic acids is 2. The summed E-state index contributed by atoms with van der Waals surface area (Å²) in [5, 5.41) is 3.02. The Morgan fingerprint density at radius 3 is 2.16 bits per heavy atom. The van der Waals surface area contributed by atoms with Gasteiger partial charge in [-0.25, -0.2) is 0 Å². The summed E-state index contributed by atoms with van der Waals surface area (Å²) in [5.74, 6) is 0.153. The van der Waals surface area contributed by atoms with Crippen molar-refractivity contribution < 1.29 is 14.3 Å². The van der Waals surface area contributed by atoms with E-state index in [1.165, 1.54) is 0 Å². The van der Waals surface area contributed by atoms with Gasteiger partial charge in [-0.05, 0) is 54.3 Å². The van der Waals surface area contributed by atoms with Gasteiger partial charge >= 0.3 is 0 Å². The largest absolute Gasteiger partial charge is 0.497 e. The van der Waals surface area contributed by atoms with Crippen LogP contribution in [0.4, 0.5) is 0 Å². The highest BCUT2D eigenvalue weighted by molar-refractivity contribution is 6.24. The second kappa shape index (κ2) is 7.21. The second-order valence-electron chi connectivity index (χ2n) is 6.02. The third kappa shape index (κ3) is 4.26. The number of ether oxygens (including phenoxy) is 1. The molecule has 3 rings (SSSR count). The van der Waals surface area contributed by atoms with Crippen LogP contribution in [-0.4, -0.2) is 25.0 Å². The first-order valence-electron chi connectivity index (χ1n) is 8.13. The number of nitrogens with two attached hydrogens (primary N) is 1. The van der Waals surface area contributed by atoms with Gasteiger partial charge in [0.05, 0.1) is 7.11 Å². The van der Waals surface area contributed by atoms with Crippen LogP contribution >= 0.6 is 0 Å². The normalized spacial score (nSPS) is 14.0. The summed E-state index contributed by atoms with van der Waals surface area (Å²) in [6.07, 6.45) is 3.86. The summed E-state index contributed by atoms with van der Waals surface area (Å²) in [5.41, 5.74) is 7.89. The number of carbonyl (C=O) groups is 2. The SMILES string of the molecule is COc1ccc(/C(=C\c2ccc(C(N)=O)cc2)C(=O)NC2CC2)cc1. The fraction of sp³-hybridized carbons (Fsp3) is 0.200. The molecule has 25 heavy (non-hydrogen) atoms. The first-order chi connectivity index (χ1) is 12.1. The highest BCUT2D eigenvalue weighted by Crippen LogP contribution is 2.25. The van der Waals surface area contributed by atoms with E-state index in [0.29, 0.717) is 11.1 Å². The monoisotopic (exact) mass is 336 g/mol. The van der Waals surface area contributed by atoms with Crippen LogP contribution in [0.25, 0.3) is 11.6 Å². The molecule has 0 spiro atoms. The van der Waals surface area contributed by atoms with Crippen molar-refractivity contribution in [3.05, 3.63) is 65.2 Å². The summed E-state index contributed by atoms with van der Waals surface area (Å²) in [6, 6.07) is 14.5. The van der Waals surface area contributed by atoms with E-state index < -0.39 is 5.91 Å². The Hall–Kier alpha value is -3.08. The Kier molecular flexibility index (Phi) is 4.84. The minimum absolute atomic E-state index is 0.105. The van der Waals surface area contributed by atoms with Gasteiger partial charge in [-0.2, -0.15) is 0 Å². The van der Waals surface area contributed by atoms with Crippen molar-refractivity contribution in [3.8, 4) is 5.75 Å². The van der Waals surface area contributed by atoms with Gasteiger partial charge in [-0.15, -0.1) is 0 Å². The standard InChI is InChI=1S/C20H20N2O3/c1-25-17-10-6-14(7-11-17)18(20(24)22-16-8-9-16)12-13-2-4-15(5-3-13)19(21)23/h2-7,10-12,16H,8-9H2,1H3,(H2,21,23)(H,22,24)/b18-12+. The number of rotatable bonds is 6. The van der Waals surface area contributed by atoms with Gasteiger partial charge in [0, 0.05) is 17.2 Å². The Labute approximate surface area is 146 Å². The highest BCUT2D eigenvalue weighted by Gasteiger charge is 2.25. The Morgan fingerprint density at radius 1 is 1.04 bits per heavy atom. The first kappa shape index (κ1) is 16.8. The summed E-state index contributed by atoms with van der Waals surface area (Å²) >= 11 is 0. The van der Waals surface area contributed by atoms with Crippen LogP contribution in [0.2, 0.25) is 0 Å². The van der Waals surface area contributed by atoms with Crippen LogP contribution in [0.1, 0.15) is 34.3 Å². The lowest BCUT2D eigenvalue weighted by molar-refractivity contribution is -0.115. The van der Waals surface area contributed by atoms with E-state index in [4.69, 9.17) is 10.5 Å². The molecule has 2 amide bonds. The topological polar surface area (TPSA) is 81.4 Å². The summed E-state index contributed by atoms with van der Waals surface area (Å²) < 4.78 is 5.17. The molecular weight excluding hydrogens is 316 g/mol. The van der Waals surface area contributed by atoms with Crippen molar-refractivity contribution >= 4 is 23.5 Å². The van der Waals surface area contributed by atoms with E-state index in [1.54, 1.807) is 31.4 Å². The molecule has 0 radical (unpaired) electrons. The third-order valence-electron chi connectivity index (χ3n) is 4.06. The molecule has 5 heteroatoms. The molecule has 0 saturated heterocycles. The van der Waals surface area contributed by atoms with E-state index in [2.05, 4.69) is 5.32 Å². The fourth-order valence-electron chi connectivity index (χ4n) is 2.45. The van der Waals surface area contributed by atoms with Gasteiger partial charge in [0.2, 0.25) is 5.91 Å². The minimum atomic E-state index is -0.475. The van der Waals surface area contributed by atoms with E-state index in [-0.39, 0.29) is 11.9 Å². The lowest BCUT2D eigenvalue weighted by Crippen LogP contribution is -2.26. The molecule has 0 unspecified atom stereocenters. The van der Waals surface area contributed by atoms with Crippen molar-refractivity contribution in [3.63, 3.8) is 0 Å². The molecule has 2 aromatic rings. The molecule has 128 valence electrons. The minimum Gasteiger partial charge on any atom is -0.497 e. The molecular formula is C20H20N2O3. The lowest BCUT2D eigenvalue weighted by Gasteiger charge is -2.10. The Bertz CT molecular complexity index is 804. The second-order valence-corrected chi connectivity index (χ2v) is 6.02. The first-order valence-corrected chi connectivity index (χ1v) is 8.13. The van der Waals surface area contributed by atoms with Crippen LogP contribution in [0.3, 0.4) is 0 Å². The summed E-state index contributed by atoms with van der Waals surface area (Å²) in [4.78, 5) is 23.8. The van der Waals surface area contributed by atoms with E-state index in [0.717, 1.165) is 29.7 Å². The van der Waals surface area contributed by atoms with Gasteiger partial charge < -0.3 is 15.8 Å². The van der Waals surface area contributed by atoms with Crippen molar-refractivity contribution in [2.45, 2.75) is 18.9 Å². The third-order valence-corrected chi connectivity index (χ3v) is 4.06. The van der Waals surface area contributed by atoms with Crippen molar-refractivity contribution in [2.24, 2.45) is 5.73 Å². The van der Waals surface area contributed by atoms with E-state index in [1.807, 2.05) is 30.3 Å². The van der Waals surface area contributed by atoms with Gasteiger partial charge in [0.15, 0.2) is 0 Å². The predicted octanol–water partition coefficient (Wildman–Crippen LogP) is 2.61. The maximum atomic E-state index is 12.6. The molecule has 0 heterocycles. The molecule has 0 aliphatic heterocycles. The number of primary amides is 1. The molecule has 0 atom stereocenters. The molecule has 0 aromatic heterocycles. The van der Waals surface area contributed by atoms with Crippen molar-refractivity contribution in [1.82, 2.24) is 5.32 Å². The molecule has 1 aliphatic rings. The average Bonchev–Trinajstić information content (AvgIpc) is 3.44. The van der Waals surface area contributed by atoms with Crippen molar-refractivity contribution in [2.75, 3.05) is 7.11 Å². The zero-order valence-electron chi connectivity index (χ0n) is 14.0. The number of methoxy groups -OCH3 is 1. The van der Waals surface area contributed by atoms with Gasteiger partial charge in [0.1, 0.15) is 5.75 Å². The number of benzene rings is 2. The van der Waals surface area contributed by atoms with Crippen LogP contribution in [0.15, 0.2) is 48.5 Å². The smallest absolute Gasteiger partial charge is 0.252 e. The van der Waals surface area contributed by atoms with Crippen LogP contribution in [0.5, 0.6) is 5.75 Å². The zero-order chi connectivity index (χ0) is 17.8.